The number of fused-ring (bicyclic) bond motifs is 4. The summed E-state index contributed by atoms with van der Waals surface area (Å²) in [5.41, 5.74) is 0.0122. The molecule has 0 aromatic rings. The molecule has 5 saturated carbocycles. The molecule has 1 aliphatic heterocycles. The minimum Gasteiger partial charge on any atom is -0.458 e. The topological polar surface area (TPSA) is 46.5 Å². The highest BCUT2D eigenvalue weighted by Crippen LogP contribution is 2.80. The van der Waals surface area contributed by atoms with E-state index >= 15 is 0 Å². The van der Waals surface area contributed by atoms with E-state index in [1.165, 1.54) is 25.7 Å². The van der Waals surface area contributed by atoms with Crippen LogP contribution in [0.4, 0.5) is 0 Å². The third-order valence-corrected chi connectivity index (χ3v) is 14.3. The van der Waals surface area contributed by atoms with Crippen LogP contribution in [0, 0.1) is 56.7 Å². The van der Waals surface area contributed by atoms with Crippen molar-refractivity contribution in [1.29, 1.82) is 0 Å². The van der Waals surface area contributed by atoms with Gasteiger partial charge < -0.3 is 9.84 Å². The number of rotatable bonds is 0. The largest absolute Gasteiger partial charge is 0.458 e. The number of aliphatic hydroxyl groups is 1. The van der Waals surface area contributed by atoms with Crippen LogP contribution < -0.4 is 0 Å². The van der Waals surface area contributed by atoms with Gasteiger partial charge in [-0.05, 0) is 104 Å². The molecule has 11 atom stereocenters. The first kappa shape index (κ1) is 22.9. The molecule has 5 aliphatic carbocycles. The van der Waals surface area contributed by atoms with Crippen LogP contribution in [0.5, 0.6) is 0 Å². The zero-order valence-corrected chi connectivity index (χ0v) is 22.3. The van der Waals surface area contributed by atoms with E-state index in [1.54, 1.807) is 0 Å². The van der Waals surface area contributed by atoms with Crippen LogP contribution in [-0.4, -0.2) is 22.8 Å². The number of carbonyl (C=O) groups is 1. The van der Waals surface area contributed by atoms with Gasteiger partial charge in [-0.15, -0.1) is 0 Å². The Morgan fingerprint density at radius 2 is 1.52 bits per heavy atom. The number of hydrogen-bond acceptors (Lipinski definition) is 3. The van der Waals surface area contributed by atoms with Crippen molar-refractivity contribution in [3.63, 3.8) is 0 Å². The first-order valence-electron chi connectivity index (χ1n) is 14.2. The van der Waals surface area contributed by atoms with E-state index in [2.05, 4.69) is 48.5 Å². The Kier molecular flexibility index (Phi) is 4.44. The molecule has 1 spiro atoms. The van der Waals surface area contributed by atoms with E-state index in [1.807, 2.05) is 0 Å². The molecule has 0 aromatic heterocycles. The molecule has 1 heterocycles. The average molecular weight is 457 g/mol. The molecule has 2 bridgehead atoms. The van der Waals surface area contributed by atoms with Gasteiger partial charge >= 0.3 is 5.97 Å². The fourth-order valence-corrected chi connectivity index (χ4v) is 12.1. The van der Waals surface area contributed by atoms with Crippen LogP contribution in [0.1, 0.15) is 113 Å². The van der Waals surface area contributed by atoms with Gasteiger partial charge in [-0.2, -0.15) is 0 Å². The lowest BCUT2D eigenvalue weighted by molar-refractivity contribution is -0.289. The maximum atomic E-state index is 13.7. The van der Waals surface area contributed by atoms with Gasteiger partial charge in [-0.1, -0.05) is 48.5 Å². The number of aliphatic hydroxyl groups excluding tert-OH is 1. The highest BCUT2D eigenvalue weighted by molar-refractivity contribution is 5.82. The number of ether oxygens (including phenoxy) is 1. The molecule has 3 heteroatoms. The second kappa shape index (κ2) is 6.40. The minimum absolute atomic E-state index is 0.0147. The quantitative estimate of drug-likeness (QED) is 0.409. The summed E-state index contributed by atoms with van der Waals surface area (Å²) in [6, 6.07) is 0. The molecule has 3 nitrogen and oxygen atoms in total. The normalized spacial score (nSPS) is 61.3. The summed E-state index contributed by atoms with van der Waals surface area (Å²) in [6.07, 6.45) is 11.0. The Hall–Kier alpha value is -0.570. The van der Waals surface area contributed by atoms with Crippen molar-refractivity contribution in [3.8, 4) is 0 Å². The summed E-state index contributed by atoms with van der Waals surface area (Å²) < 4.78 is 6.80. The Balaban J connectivity index is 1.47. The van der Waals surface area contributed by atoms with E-state index < -0.39 is 0 Å². The molecule has 1 saturated heterocycles. The van der Waals surface area contributed by atoms with Crippen molar-refractivity contribution in [2.75, 3.05) is 0 Å². The molecule has 0 radical (unpaired) electrons. The summed E-state index contributed by atoms with van der Waals surface area (Å²) in [5, 5.41) is 10.9. The van der Waals surface area contributed by atoms with E-state index in [0.717, 1.165) is 38.5 Å². The van der Waals surface area contributed by atoms with Crippen LogP contribution in [0.25, 0.3) is 0 Å². The molecule has 186 valence electrons. The summed E-state index contributed by atoms with van der Waals surface area (Å²) in [5.74, 6) is 3.02. The first-order valence-corrected chi connectivity index (χ1v) is 14.2. The van der Waals surface area contributed by atoms with Crippen LogP contribution in [0.15, 0.2) is 0 Å². The van der Waals surface area contributed by atoms with E-state index in [9.17, 15) is 9.90 Å². The smallest absolute Gasteiger partial charge is 0.313 e. The molecule has 2 unspecified atom stereocenters. The van der Waals surface area contributed by atoms with Crippen LogP contribution in [0.3, 0.4) is 0 Å². The van der Waals surface area contributed by atoms with Crippen LogP contribution >= 0.6 is 0 Å². The Bertz CT molecular complexity index is 880. The third kappa shape index (κ3) is 2.27. The molecule has 6 aliphatic rings. The van der Waals surface area contributed by atoms with Gasteiger partial charge in [-0.3, -0.25) is 4.79 Å². The fourth-order valence-electron chi connectivity index (χ4n) is 12.1. The number of carbonyl (C=O) groups excluding carboxylic acids is 1. The van der Waals surface area contributed by atoms with E-state index in [4.69, 9.17) is 4.74 Å². The van der Waals surface area contributed by atoms with Crippen molar-refractivity contribution in [1.82, 2.24) is 0 Å². The molecule has 1 N–H and O–H groups in total. The molecular weight excluding hydrogens is 408 g/mol. The van der Waals surface area contributed by atoms with Crippen molar-refractivity contribution >= 4 is 5.97 Å². The van der Waals surface area contributed by atoms with Gasteiger partial charge in [0.25, 0.3) is 0 Å². The van der Waals surface area contributed by atoms with Crippen molar-refractivity contribution in [2.45, 2.75) is 124 Å². The van der Waals surface area contributed by atoms with Crippen molar-refractivity contribution in [3.05, 3.63) is 0 Å². The lowest BCUT2D eigenvalue weighted by Gasteiger charge is -2.74. The van der Waals surface area contributed by atoms with Gasteiger partial charge in [-0.25, -0.2) is 0 Å². The average Bonchev–Trinajstić information content (AvgIpc) is 2.95. The molecule has 6 rings (SSSR count). The molecule has 6 fully saturated rings. The molecular formula is C30H48O3. The summed E-state index contributed by atoms with van der Waals surface area (Å²) >= 11 is 0. The van der Waals surface area contributed by atoms with Gasteiger partial charge in [0.2, 0.25) is 0 Å². The van der Waals surface area contributed by atoms with E-state index in [0.29, 0.717) is 29.6 Å². The maximum Gasteiger partial charge on any atom is 0.313 e. The fraction of sp³-hybridized carbons (Fsp3) is 0.967. The zero-order valence-electron chi connectivity index (χ0n) is 22.3. The third-order valence-electron chi connectivity index (χ3n) is 14.3. The van der Waals surface area contributed by atoms with E-state index in [-0.39, 0.29) is 44.7 Å². The first-order chi connectivity index (χ1) is 15.3. The van der Waals surface area contributed by atoms with Gasteiger partial charge in [0, 0.05) is 11.3 Å². The monoisotopic (exact) mass is 456 g/mol. The predicted molar refractivity (Wildman–Crippen MR) is 130 cm³/mol. The summed E-state index contributed by atoms with van der Waals surface area (Å²) in [7, 11) is 0. The lowest BCUT2D eigenvalue weighted by atomic mass is 9.30. The predicted octanol–water partition coefficient (Wildman–Crippen LogP) is 6.76. The standard InChI is InChI=1S/C30H48O3/c1-18-8-14-29-17-16-28(7)27(6)13-9-20-25(3,4)22(31)11-12-26(20,5)21(27)10-15-30(28,33-24(29)32)23(29)19(18)2/h18-23,31H,8-17H2,1-7H3/t18-,19+,20?,21?,22+,23-,26+,27-,28+,29+,30+/m1/s1. The zero-order chi connectivity index (χ0) is 23.8. The Morgan fingerprint density at radius 3 is 2.24 bits per heavy atom. The maximum absolute atomic E-state index is 13.7. The second-order valence-electron chi connectivity index (χ2n) is 15.1. The van der Waals surface area contributed by atoms with Gasteiger partial charge in [0.05, 0.1) is 11.5 Å². The molecule has 0 amide bonds. The van der Waals surface area contributed by atoms with Crippen LogP contribution in [-0.2, 0) is 9.53 Å². The highest BCUT2D eigenvalue weighted by atomic mass is 16.6. The van der Waals surface area contributed by atoms with Crippen LogP contribution in [0.2, 0.25) is 0 Å². The summed E-state index contributed by atoms with van der Waals surface area (Å²) in [6.45, 7) is 17.2. The Morgan fingerprint density at radius 1 is 0.818 bits per heavy atom. The number of hydrogen-bond donors (Lipinski definition) is 1. The van der Waals surface area contributed by atoms with Gasteiger partial charge in [0.15, 0.2) is 0 Å². The summed E-state index contributed by atoms with van der Waals surface area (Å²) in [4.78, 5) is 13.7. The van der Waals surface area contributed by atoms with Crippen molar-refractivity contribution < 1.29 is 14.6 Å². The number of esters is 1. The molecule has 33 heavy (non-hydrogen) atoms. The van der Waals surface area contributed by atoms with Crippen molar-refractivity contribution in [2.24, 2.45) is 56.7 Å². The SMILES string of the molecule is C[C@H]1[C@H](C)CC[C@@]23CC[C@]4(C)[C@@](CCC5[C@@]6(C)CC[C@H](O)C(C)(C)C6CC[C@]54C)(OC2=O)[C@H]13. The second-order valence-corrected chi connectivity index (χ2v) is 15.1. The highest BCUT2D eigenvalue weighted by Gasteiger charge is 2.81. The van der Waals surface area contributed by atoms with Gasteiger partial charge in [0.1, 0.15) is 5.60 Å². The Labute approximate surface area is 201 Å². The minimum atomic E-state index is -0.269. The lowest BCUT2D eigenvalue weighted by Crippen LogP contribution is -2.72. The molecule has 0 aromatic carbocycles.